The highest BCUT2D eigenvalue weighted by Gasteiger charge is 2.09. The first-order valence-electron chi connectivity index (χ1n) is 6.73. The maximum Gasteiger partial charge on any atom is 0.125 e. The molecule has 0 aliphatic carbocycles. The second-order valence-corrected chi connectivity index (χ2v) is 5.21. The van der Waals surface area contributed by atoms with Crippen LogP contribution in [0.25, 0.3) is 0 Å². The van der Waals surface area contributed by atoms with Crippen LogP contribution >= 0.6 is 12.6 Å². The summed E-state index contributed by atoms with van der Waals surface area (Å²) in [5, 5.41) is 0. The predicted molar refractivity (Wildman–Crippen MR) is 85.1 cm³/mol. The second-order valence-electron chi connectivity index (χ2n) is 4.69. The highest BCUT2D eigenvalue weighted by Crippen LogP contribution is 2.27. The van der Waals surface area contributed by atoms with Gasteiger partial charge in [0.15, 0.2) is 0 Å². The zero-order chi connectivity index (χ0) is 14.5. The van der Waals surface area contributed by atoms with E-state index in [9.17, 15) is 0 Å². The molecule has 0 bridgehead atoms. The molecule has 0 atom stereocenters. The lowest BCUT2D eigenvalue weighted by Gasteiger charge is -2.15. The molecule has 0 aliphatic heterocycles. The van der Waals surface area contributed by atoms with E-state index in [-0.39, 0.29) is 0 Å². The normalized spacial score (nSPS) is 10.4. The molecule has 0 spiro atoms. The molecule has 3 heteroatoms. The Morgan fingerprint density at radius 2 is 1.90 bits per heavy atom. The summed E-state index contributed by atoms with van der Waals surface area (Å²) in [6.07, 6.45) is 0.963. The van der Waals surface area contributed by atoms with Gasteiger partial charge in [-0.2, -0.15) is 0 Å². The fourth-order valence-corrected chi connectivity index (χ4v) is 2.51. The molecule has 2 aromatic carbocycles. The van der Waals surface area contributed by atoms with Gasteiger partial charge in [-0.15, -0.1) is 12.6 Å². The van der Waals surface area contributed by atoms with Crippen molar-refractivity contribution in [1.82, 2.24) is 0 Å². The number of aryl methyl sites for hydroxylation is 2. The molecule has 2 rings (SSSR count). The number of hydrogen-bond donors (Lipinski definition) is 1. The summed E-state index contributed by atoms with van der Waals surface area (Å²) in [4.78, 5) is 0.946. The van der Waals surface area contributed by atoms with Gasteiger partial charge in [0, 0.05) is 10.5 Å². The van der Waals surface area contributed by atoms with Gasteiger partial charge in [0.1, 0.15) is 18.1 Å². The minimum Gasteiger partial charge on any atom is -0.496 e. The first-order chi connectivity index (χ1) is 9.65. The smallest absolute Gasteiger partial charge is 0.125 e. The maximum absolute atomic E-state index is 5.95. The quantitative estimate of drug-likeness (QED) is 0.820. The van der Waals surface area contributed by atoms with Crippen LogP contribution in [-0.4, -0.2) is 7.11 Å². The zero-order valence-corrected chi connectivity index (χ0v) is 13.0. The van der Waals surface area contributed by atoms with Crippen molar-refractivity contribution in [3.05, 3.63) is 53.1 Å². The number of hydrogen-bond acceptors (Lipinski definition) is 3. The van der Waals surface area contributed by atoms with Crippen LogP contribution in [0.15, 0.2) is 41.3 Å². The van der Waals surface area contributed by atoms with Crippen LogP contribution in [0.5, 0.6) is 11.5 Å². The molecule has 0 saturated heterocycles. The van der Waals surface area contributed by atoms with Gasteiger partial charge in [-0.1, -0.05) is 19.1 Å². The molecule has 0 aliphatic rings. The van der Waals surface area contributed by atoms with Crippen LogP contribution in [0, 0.1) is 6.92 Å². The van der Waals surface area contributed by atoms with Gasteiger partial charge in [0.25, 0.3) is 0 Å². The summed E-state index contributed by atoms with van der Waals surface area (Å²) >= 11 is 4.33. The fraction of sp³-hybridized carbons (Fsp3) is 0.294. The maximum atomic E-state index is 5.95. The third kappa shape index (κ3) is 3.28. The number of methoxy groups -OCH3 is 1. The lowest BCUT2D eigenvalue weighted by molar-refractivity contribution is 0.293. The van der Waals surface area contributed by atoms with Crippen LogP contribution < -0.4 is 9.47 Å². The highest BCUT2D eigenvalue weighted by molar-refractivity contribution is 7.80. The van der Waals surface area contributed by atoms with E-state index in [1.165, 1.54) is 5.56 Å². The number of benzene rings is 2. The summed E-state index contributed by atoms with van der Waals surface area (Å²) < 4.78 is 11.4. The van der Waals surface area contributed by atoms with E-state index in [0.717, 1.165) is 33.9 Å². The molecule has 0 N–H and O–H groups in total. The lowest BCUT2D eigenvalue weighted by Crippen LogP contribution is -2.03. The van der Waals surface area contributed by atoms with Gasteiger partial charge in [-0.3, -0.25) is 0 Å². The van der Waals surface area contributed by atoms with Gasteiger partial charge >= 0.3 is 0 Å². The van der Waals surface area contributed by atoms with E-state index in [2.05, 4.69) is 25.6 Å². The van der Waals surface area contributed by atoms with E-state index in [1.54, 1.807) is 7.11 Å². The van der Waals surface area contributed by atoms with Crippen molar-refractivity contribution in [3.63, 3.8) is 0 Å². The van der Waals surface area contributed by atoms with E-state index in [4.69, 9.17) is 9.47 Å². The SMILES string of the molecule is CCc1cccc(OC)c1COc1ccc(S)cc1C. The molecule has 20 heavy (non-hydrogen) atoms. The molecule has 0 saturated carbocycles. The Bertz CT molecular complexity index is 571. The summed E-state index contributed by atoms with van der Waals surface area (Å²) in [6, 6.07) is 12.0. The lowest BCUT2D eigenvalue weighted by atomic mass is 10.0. The van der Waals surface area contributed by atoms with Crippen LogP contribution in [0.1, 0.15) is 23.6 Å². The van der Waals surface area contributed by atoms with E-state index in [1.807, 2.05) is 37.3 Å². The first-order valence-corrected chi connectivity index (χ1v) is 7.17. The average Bonchev–Trinajstić information content (AvgIpc) is 2.46. The minimum absolute atomic E-state index is 0.514. The van der Waals surface area contributed by atoms with Gasteiger partial charge in [-0.25, -0.2) is 0 Å². The third-order valence-corrected chi connectivity index (χ3v) is 3.64. The fourth-order valence-electron chi connectivity index (χ4n) is 2.24. The third-order valence-electron chi connectivity index (χ3n) is 3.36. The van der Waals surface area contributed by atoms with Crippen molar-refractivity contribution in [2.24, 2.45) is 0 Å². The molecule has 2 nitrogen and oxygen atoms in total. The molecule has 2 aromatic rings. The molecular formula is C17H20O2S. The molecule has 0 radical (unpaired) electrons. The van der Waals surface area contributed by atoms with Crippen molar-refractivity contribution in [1.29, 1.82) is 0 Å². The van der Waals surface area contributed by atoms with E-state index < -0.39 is 0 Å². The molecular weight excluding hydrogens is 268 g/mol. The minimum atomic E-state index is 0.514. The molecule has 0 aromatic heterocycles. The first kappa shape index (κ1) is 14.8. The highest BCUT2D eigenvalue weighted by atomic mass is 32.1. The Hall–Kier alpha value is -1.61. The Morgan fingerprint density at radius 1 is 1.10 bits per heavy atom. The Morgan fingerprint density at radius 3 is 2.55 bits per heavy atom. The van der Waals surface area contributed by atoms with Gasteiger partial charge in [0.05, 0.1) is 7.11 Å². The molecule has 0 heterocycles. The largest absolute Gasteiger partial charge is 0.496 e. The predicted octanol–water partition coefficient (Wildman–Crippen LogP) is 4.43. The summed E-state index contributed by atoms with van der Waals surface area (Å²) in [6.45, 7) is 4.68. The monoisotopic (exact) mass is 288 g/mol. The van der Waals surface area contributed by atoms with Gasteiger partial charge in [-0.05, 0) is 48.7 Å². The van der Waals surface area contributed by atoms with Crippen molar-refractivity contribution in [3.8, 4) is 11.5 Å². The summed E-state index contributed by atoms with van der Waals surface area (Å²) in [7, 11) is 1.69. The van der Waals surface area contributed by atoms with Crippen molar-refractivity contribution in [2.45, 2.75) is 31.8 Å². The number of rotatable bonds is 5. The zero-order valence-electron chi connectivity index (χ0n) is 12.1. The second kappa shape index (κ2) is 6.71. The van der Waals surface area contributed by atoms with Crippen molar-refractivity contribution in [2.75, 3.05) is 7.11 Å². The van der Waals surface area contributed by atoms with Crippen molar-refractivity contribution >= 4 is 12.6 Å². The Balaban J connectivity index is 2.22. The molecule has 0 fully saturated rings. The van der Waals surface area contributed by atoms with E-state index >= 15 is 0 Å². The molecule has 0 unspecified atom stereocenters. The topological polar surface area (TPSA) is 18.5 Å². The van der Waals surface area contributed by atoms with Crippen molar-refractivity contribution < 1.29 is 9.47 Å². The number of ether oxygens (including phenoxy) is 2. The van der Waals surface area contributed by atoms with Gasteiger partial charge in [0.2, 0.25) is 0 Å². The molecule has 0 amide bonds. The van der Waals surface area contributed by atoms with Gasteiger partial charge < -0.3 is 9.47 Å². The average molecular weight is 288 g/mol. The number of thiol groups is 1. The Kier molecular flexibility index (Phi) is 4.96. The van der Waals surface area contributed by atoms with Crippen LogP contribution in [0.3, 0.4) is 0 Å². The molecule has 106 valence electrons. The van der Waals surface area contributed by atoms with Crippen LogP contribution in [-0.2, 0) is 13.0 Å². The standard InChI is InChI=1S/C17H20O2S/c1-4-13-6-5-7-17(18-3)15(13)11-19-16-9-8-14(20)10-12(16)2/h5-10,20H,4,11H2,1-3H3. The summed E-state index contributed by atoms with van der Waals surface area (Å²) in [5.41, 5.74) is 3.46. The van der Waals surface area contributed by atoms with Crippen LogP contribution in [0.2, 0.25) is 0 Å². The van der Waals surface area contributed by atoms with Crippen LogP contribution in [0.4, 0.5) is 0 Å². The summed E-state index contributed by atoms with van der Waals surface area (Å²) in [5.74, 6) is 1.77. The Labute approximate surface area is 126 Å². The van der Waals surface area contributed by atoms with E-state index in [0.29, 0.717) is 6.61 Å².